The summed E-state index contributed by atoms with van der Waals surface area (Å²) < 4.78 is 1.90. The van der Waals surface area contributed by atoms with E-state index in [9.17, 15) is 0 Å². The van der Waals surface area contributed by atoms with Crippen molar-refractivity contribution in [1.82, 2.24) is 29.4 Å². The van der Waals surface area contributed by atoms with Gasteiger partial charge in [-0.3, -0.25) is 19.4 Å². The molecule has 0 N–H and O–H groups in total. The van der Waals surface area contributed by atoms with Gasteiger partial charge in [0.05, 0.1) is 11.9 Å². The summed E-state index contributed by atoms with van der Waals surface area (Å²) in [6, 6.07) is 2.08. The zero-order valence-electron chi connectivity index (χ0n) is 14.4. The lowest BCUT2D eigenvalue weighted by Gasteiger charge is -2.32. The molecule has 3 aromatic rings. The monoisotopic (exact) mass is 334 g/mol. The molecule has 1 saturated heterocycles. The maximum Gasteiger partial charge on any atom is 0.156 e. The molecule has 0 amide bonds. The summed E-state index contributed by atoms with van der Waals surface area (Å²) in [5.74, 6) is 1.25. The van der Waals surface area contributed by atoms with Gasteiger partial charge in [0.25, 0.3) is 0 Å². The number of hydrogen-bond donors (Lipinski definition) is 0. The Morgan fingerprint density at radius 2 is 2.08 bits per heavy atom. The average Bonchev–Trinajstić information content (AvgIpc) is 3.19. The van der Waals surface area contributed by atoms with E-state index in [4.69, 9.17) is 4.98 Å². The van der Waals surface area contributed by atoms with Crippen LogP contribution in [0.5, 0.6) is 0 Å². The number of aryl methyl sites for hydroxylation is 1. The number of imidazole rings is 1. The van der Waals surface area contributed by atoms with Gasteiger partial charge < -0.3 is 0 Å². The third-order valence-electron chi connectivity index (χ3n) is 4.87. The van der Waals surface area contributed by atoms with Crippen molar-refractivity contribution in [3.63, 3.8) is 0 Å². The molecule has 0 aromatic carbocycles. The molecule has 6 nitrogen and oxygen atoms in total. The first kappa shape index (κ1) is 15.9. The Balaban J connectivity index is 1.50. The lowest BCUT2D eigenvalue weighted by atomic mass is 9.94. The van der Waals surface area contributed by atoms with E-state index in [0.29, 0.717) is 5.92 Å². The number of pyridine rings is 1. The molecule has 0 aliphatic carbocycles. The van der Waals surface area contributed by atoms with Crippen molar-refractivity contribution >= 4 is 0 Å². The van der Waals surface area contributed by atoms with Crippen LogP contribution in [0.4, 0.5) is 0 Å². The second-order valence-corrected chi connectivity index (χ2v) is 6.65. The summed E-state index contributed by atoms with van der Waals surface area (Å²) >= 11 is 0. The number of nitrogens with zero attached hydrogens (tertiary/aromatic N) is 6. The van der Waals surface area contributed by atoms with E-state index in [2.05, 4.69) is 32.8 Å². The first-order chi connectivity index (χ1) is 12.3. The van der Waals surface area contributed by atoms with Crippen LogP contribution in [-0.2, 0) is 6.54 Å². The second kappa shape index (κ2) is 7.11. The van der Waals surface area contributed by atoms with E-state index >= 15 is 0 Å². The molecule has 0 radical (unpaired) electrons. The summed E-state index contributed by atoms with van der Waals surface area (Å²) in [5.41, 5.74) is 3.68. The van der Waals surface area contributed by atoms with Gasteiger partial charge in [-0.2, -0.15) is 0 Å². The summed E-state index contributed by atoms with van der Waals surface area (Å²) in [7, 11) is 0. The van der Waals surface area contributed by atoms with Gasteiger partial charge in [0.1, 0.15) is 6.33 Å². The normalized spacial score (nSPS) is 18.4. The Labute approximate surface area is 147 Å². The molecular weight excluding hydrogens is 312 g/mol. The molecule has 3 aromatic heterocycles. The van der Waals surface area contributed by atoms with Crippen LogP contribution in [-0.4, -0.2) is 42.5 Å². The summed E-state index contributed by atoms with van der Waals surface area (Å²) in [6.07, 6.45) is 15.3. The van der Waals surface area contributed by atoms with Crippen LogP contribution in [0.1, 0.15) is 35.6 Å². The molecule has 0 saturated carbocycles. The van der Waals surface area contributed by atoms with Crippen LogP contribution in [0, 0.1) is 6.92 Å². The average molecular weight is 334 g/mol. The topological polar surface area (TPSA) is 59.7 Å². The predicted molar refractivity (Wildman–Crippen MR) is 95.4 cm³/mol. The third kappa shape index (κ3) is 3.58. The van der Waals surface area contributed by atoms with E-state index in [1.54, 1.807) is 18.7 Å². The zero-order valence-corrected chi connectivity index (χ0v) is 14.4. The lowest BCUT2D eigenvalue weighted by molar-refractivity contribution is 0.198. The first-order valence-corrected chi connectivity index (χ1v) is 8.72. The van der Waals surface area contributed by atoms with Gasteiger partial charge >= 0.3 is 0 Å². The smallest absolute Gasteiger partial charge is 0.156 e. The fraction of sp³-hybridized carbons (Fsp3) is 0.368. The van der Waals surface area contributed by atoms with Crippen LogP contribution in [0.3, 0.4) is 0 Å². The number of aromatic nitrogens is 5. The number of likely N-dealkylation sites (tertiary alicyclic amines) is 1. The van der Waals surface area contributed by atoms with Crippen molar-refractivity contribution < 1.29 is 0 Å². The summed E-state index contributed by atoms with van der Waals surface area (Å²) in [6.45, 7) is 5.24. The minimum atomic E-state index is 0.418. The molecule has 1 aliphatic heterocycles. The van der Waals surface area contributed by atoms with Crippen molar-refractivity contribution in [3.05, 3.63) is 66.4 Å². The Bertz CT molecular complexity index is 829. The maximum atomic E-state index is 4.82. The van der Waals surface area contributed by atoms with E-state index in [1.165, 1.54) is 17.5 Å². The summed E-state index contributed by atoms with van der Waals surface area (Å²) in [5, 5.41) is 0. The quantitative estimate of drug-likeness (QED) is 0.734. The molecule has 1 fully saturated rings. The molecular formula is C19H22N6. The van der Waals surface area contributed by atoms with Crippen LogP contribution < -0.4 is 0 Å². The van der Waals surface area contributed by atoms with Gasteiger partial charge in [-0.15, -0.1) is 0 Å². The molecule has 128 valence electrons. The highest BCUT2D eigenvalue weighted by molar-refractivity contribution is 5.23. The molecule has 0 bridgehead atoms. The van der Waals surface area contributed by atoms with Crippen LogP contribution in [0.15, 0.2) is 49.6 Å². The molecule has 1 aliphatic rings. The van der Waals surface area contributed by atoms with Gasteiger partial charge in [-0.25, -0.2) is 9.97 Å². The Morgan fingerprint density at radius 3 is 2.92 bits per heavy atom. The van der Waals surface area contributed by atoms with E-state index in [-0.39, 0.29) is 0 Å². The number of hydrogen-bond acceptors (Lipinski definition) is 5. The maximum absolute atomic E-state index is 4.82. The van der Waals surface area contributed by atoms with Crippen LogP contribution in [0.25, 0.3) is 5.82 Å². The van der Waals surface area contributed by atoms with E-state index < -0.39 is 0 Å². The standard InChI is InChI=1S/C19H22N6/c1-15-4-5-20-9-17(15)13-24-7-2-3-16(12-24)18-10-22-11-19(23-18)25-8-6-21-14-25/h4-6,8-11,14,16H,2-3,7,12-13H2,1H3. The van der Waals surface area contributed by atoms with Crippen molar-refractivity contribution in [2.75, 3.05) is 13.1 Å². The molecule has 6 heteroatoms. The first-order valence-electron chi connectivity index (χ1n) is 8.72. The number of piperidine rings is 1. The molecule has 4 rings (SSSR count). The van der Waals surface area contributed by atoms with E-state index in [0.717, 1.165) is 37.6 Å². The molecule has 0 spiro atoms. The van der Waals surface area contributed by atoms with Crippen LogP contribution in [0.2, 0.25) is 0 Å². The fourth-order valence-corrected chi connectivity index (χ4v) is 3.43. The number of rotatable bonds is 4. The molecule has 25 heavy (non-hydrogen) atoms. The van der Waals surface area contributed by atoms with Gasteiger partial charge in [0, 0.05) is 50.0 Å². The highest BCUT2D eigenvalue weighted by Crippen LogP contribution is 2.27. The van der Waals surface area contributed by atoms with Crippen molar-refractivity contribution in [1.29, 1.82) is 0 Å². The van der Waals surface area contributed by atoms with Gasteiger partial charge in [-0.05, 0) is 43.5 Å². The molecule has 4 heterocycles. The molecule has 1 unspecified atom stereocenters. The minimum absolute atomic E-state index is 0.418. The Kier molecular flexibility index (Phi) is 4.52. The van der Waals surface area contributed by atoms with Crippen molar-refractivity contribution in [2.24, 2.45) is 0 Å². The van der Waals surface area contributed by atoms with Crippen molar-refractivity contribution in [3.8, 4) is 5.82 Å². The SMILES string of the molecule is Cc1ccncc1CN1CCCC(c2cncc(-n3ccnc3)n2)C1. The van der Waals surface area contributed by atoms with Gasteiger partial charge in [0.15, 0.2) is 5.82 Å². The molecule has 1 atom stereocenters. The highest BCUT2D eigenvalue weighted by atomic mass is 15.1. The fourth-order valence-electron chi connectivity index (χ4n) is 3.43. The summed E-state index contributed by atoms with van der Waals surface area (Å²) in [4.78, 5) is 20.1. The lowest BCUT2D eigenvalue weighted by Crippen LogP contribution is -2.34. The Morgan fingerprint density at radius 1 is 1.12 bits per heavy atom. The minimum Gasteiger partial charge on any atom is -0.298 e. The third-order valence-corrected chi connectivity index (χ3v) is 4.87. The van der Waals surface area contributed by atoms with Gasteiger partial charge in [-0.1, -0.05) is 0 Å². The second-order valence-electron chi connectivity index (χ2n) is 6.65. The van der Waals surface area contributed by atoms with Crippen molar-refractivity contribution in [2.45, 2.75) is 32.2 Å². The predicted octanol–water partition coefficient (Wildman–Crippen LogP) is 2.75. The van der Waals surface area contributed by atoms with Gasteiger partial charge in [0.2, 0.25) is 0 Å². The highest BCUT2D eigenvalue weighted by Gasteiger charge is 2.23. The zero-order chi connectivity index (χ0) is 17.1. The van der Waals surface area contributed by atoms with Crippen LogP contribution >= 0.6 is 0 Å². The largest absolute Gasteiger partial charge is 0.298 e. The van der Waals surface area contributed by atoms with E-state index in [1.807, 2.05) is 29.4 Å². The Hall–Kier alpha value is -2.60.